The largest absolute Gasteiger partial charge is 0.448 e. The lowest BCUT2D eigenvalue weighted by molar-refractivity contribution is 0.0862. The maximum absolute atomic E-state index is 11.3. The van der Waals surface area contributed by atoms with Crippen LogP contribution in [0.5, 0.6) is 0 Å². The van der Waals surface area contributed by atoms with E-state index in [0.29, 0.717) is 36.5 Å². The molecule has 4 aliphatic rings. The van der Waals surface area contributed by atoms with E-state index in [2.05, 4.69) is 45.6 Å². The number of aliphatic hydroxyl groups is 3. The minimum Gasteiger partial charge on any atom is -0.448 e. The Morgan fingerprint density at radius 2 is 1.95 bits per heavy atom. The van der Waals surface area contributed by atoms with Crippen molar-refractivity contribution in [1.82, 2.24) is 4.98 Å². The Bertz CT molecular complexity index is 1140. The number of aryl methyl sites for hydroxylation is 1. The van der Waals surface area contributed by atoms with Crippen LogP contribution in [0.4, 0.5) is 0 Å². The van der Waals surface area contributed by atoms with Gasteiger partial charge in [-0.15, -0.1) is 0 Å². The molecule has 0 spiro atoms. The summed E-state index contributed by atoms with van der Waals surface area (Å²) in [4.78, 5) is 4.77. The monoisotopic (exact) mass is 549 g/mol. The molecule has 4 aliphatic carbocycles. The first-order chi connectivity index (χ1) is 19.2. The molecule has 0 radical (unpaired) electrons. The van der Waals surface area contributed by atoms with Gasteiger partial charge in [-0.2, -0.15) is 0 Å². The molecule has 5 heteroatoms. The predicted molar refractivity (Wildman–Crippen MR) is 160 cm³/mol. The number of nitrogens with zero attached hydrogens (tertiary/aromatic N) is 1. The van der Waals surface area contributed by atoms with Crippen LogP contribution in [0.15, 0.2) is 58.3 Å². The lowest BCUT2D eigenvalue weighted by Crippen LogP contribution is -2.35. The number of oxazole rings is 1. The van der Waals surface area contributed by atoms with E-state index in [1.165, 1.54) is 44.1 Å². The number of hydrogen-bond acceptors (Lipinski definition) is 5. The molecule has 0 saturated heterocycles. The molecule has 0 bridgehead atoms. The Balaban J connectivity index is 1.24. The second kappa shape index (κ2) is 12.1. The van der Waals surface area contributed by atoms with E-state index in [9.17, 15) is 15.3 Å². The highest BCUT2D eigenvalue weighted by molar-refractivity contribution is 5.38. The topological polar surface area (TPSA) is 86.7 Å². The van der Waals surface area contributed by atoms with Crippen LogP contribution in [0.3, 0.4) is 0 Å². The zero-order valence-corrected chi connectivity index (χ0v) is 24.9. The molecule has 4 saturated carbocycles. The molecule has 3 N–H and O–H groups in total. The zero-order valence-electron chi connectivity index (χ0n) is 24.9. The quantitative estimate of drug-likeness (QED) is 0.213. The van der Waals surface area contributed by atoms with Gasteiger partial charge < -0.3 is 19.7 Å². The SMILES string of the molecule is C=C1/C(=C\C=C2/CCC[C@]3(C)[C@@H]([C@H](C)/C=C/[C@@H](O)C4(c5nc(CCCCC)co5)CC4)CC[C@@H]23)C[C@@H](O)C[C@@H]1O. The van der Waals surface area contributed by atoms with Crippen molar-refractivity contribution in [3.05, 3.63) is 65.5 Å². The summed E-state index contributed by atoms with van der Waals surface area (Å²) in [6, 6.07) is 0. The molecule has 1 aromatic rings. The standard InChI is InChI=1S/C35H51NO4/c1-5-6-7-10-27-22-40-33(36-27)35(18-19-35)32(39)16-11-23(2)29-14-15-30-25(9-8-17-34(29,30)4)12-13-26-20-28(37)21-31(38)24(26)3/h11-13,16,22-23,28-32,37-39H,3,5-10,14-15,17-21H2,1-2,4H3/b16-11+,25-12+,26-13-/t23-,28-,29-,30+,31+,32-,34-/m1/s1. The van der Waals surface area contributed by atoms with Gasteiger partial charge in [0.1, 0.15) is 6.26 Å². The molecule has 0 aliphatic heterocycles. The number of allylic oxidation sites excluding steroid dienone is 4. The molecular weight excluding hydrogens is 498 g/mol. The second-order valence-electron chi connectivity index (χ2n) is 13.6. The summed E-state index contributed by atoms with van der Waals surface area (Å²) in [6.45, 7) is 11.1. The number of unbranched alkanes of at least 4 members (excludes halogenated alkanes) is 2. The average Bonchev–Trinajstić information content (AvgIpc) is 3.46. The first-order valence-corrected chi connectivity index (χ1v) is 15.9. The van der Waals surface area contributed by atoms with Crippen LogP contribution in [0, 0.1) is 23.2 Å². The zero-order chi connectivity index (χ0) is 28.5. The van der Waals surface area contributed by atoms with E-state index in [1.54, 1.807) is 6.26 Å². The Morgan fingerprint density at radius 1 is 1.15 bits per heavy atom. The normalized spacial score (nSPS) is 35.4. The van der Waals surface area contributed by atoms with E-state index < -0.39 is 18.3 Å². The molecule has 0 unspecified atom stereocenters. The molecule has 4 fully saturated rings. The predicted octanol–water partition coefficient (Wildman–Crippen LogP) is 7.13. The molecule has 0 amide bonds. The highest BCUT2D eigenvalue weighted by Gasteiger charge is 2.54. The lowest BCUT2D eigenvalue weighted by atomic mass is 9.61. The van der Waals surface area contributed by atoms with E-state index in [1.807, 2.05) is 6.08 Å². The summed E-state index contributed by atoms with van der Waals surface area (Å²) in [5, 5.41) is 31.6. The van der Waals surface area contributed by atoms with E-state index >= 15 is 0 Å². The van der Waals surface area contributed by atoms with Crippen LogP contribution >= 0.6 is 0 Å². The molecule has 40 heavy (non-hydrogen) atoms. The number of aromatic nitrogens is 1. The summed E-state index contributed by atoms with van der Waals surface area (Å²) in [6.07, 6.45) is 22.0. The van der Waals surface area contributed by atoms with E-state index in [4.69, 9.17) is 9.40 Å². The number of rotatable bonds is 10. The third kappa shape index (κ3) is 5.84. The van der Waals surface area contributed by atoms with Crippen molar-refractivity contribution in [3.63, 3.8) is 0 Å². The van der Waals surface area contributed by atoms with Crippen molar-refractivity contribution in [2.75, 3.05) is 0 Å². The van der Waals surface area contributed by atoms with Crippen molar-refractivity contribution < 1.29 is 19.7 Å². The maximum atomic E-state index is 11.3. The fraction of sp³-hybridized carbons (Fsp3) is 0.686. The highest BCUT2D eigenvalue weighted by atomic mass is 16.3. The van der Waals surface area contributed by atoms with Crippen LogP contribution in [0.25, 0.3) is 0 Å². The minimum absolute atomic E-state index is 0.243. The highest BCUT2D eigenvalue weighted by Crippen LogP contribution is 2.60. The van der Waals surface area contributed by atoms with Gasteiger partial charge in [0.25, 0.3) is 0 Å². The first-order valence-electron chi connectivity index (χ1n) is 15.9. The maximum Gasteiger partial charge on any atom is 0.203 e. The van der Waals surface area contributed by atoms with Gasteiger partial charge in [-0.3, -0.25) is 0 Å². The third-order valence-electron chi connectivity index (χ3n) is 10.9. The first kappa shape index (κ1) is 29.5. The Kier molecular flexibility index (Phi) is 8.94. The van der Waals surface area contributed by atoms with Gasteiger partial charge in [0.15, 0.2) is 0 Å². The molecule has 1 heterocycles. The summed E-state index contributed by atoms with van der Waals surface area (Å²) in [5.74, 6) is 2.24. The number of hydrogen-bond donors (Lipinski definition) is 3. The summed E-state index contributed by atoms with van der Waals surface area (Å²) < 4.78 is 5.88. The molecule has 7 atom stereocenters. The van der Waals surface area contributed by atoms with E-state index in [-0.39, 0.29) is 10.8 Å². The fourth-order valence-corrected chi connectivity index (χ4v) is 8.18. The van der Waals surface area contributed by atoms with Gasteiger partial charge in [0, 0.05) is 6.42 Å². The van der Waals surface area contributed by atoms with Gasteiger partial charge in [0.05, 0.1) is 29.4 Å². The minimum atomic E-state index is -0.643. The number of fused-ring (bicyclic) bond motifs is 1. The van der Waals surface area contributed by atoms with Gasteiger partial charge >= 0.3 is 0 Å². The van der Waals surface area contributed by atoms with Crippen LogP contribution < -0.4 is 0 Å². The average molecular weight is 550 g/mol. The van der Waals surface area contributed by atoms with E-state index in [0.717, 1.165) is 48.9 Å². The van der Waals surface area contributed by atoms with Crippen molar-refractivity contribution >= 4 is 0 Å². The Labute approximate surface area is 241 Å². The van der Waals surface area contributed by atoms with Crippen LogP contribution in [-0.4, -0.2) is 38.6 Å². The summed E-state index contributed by atoms with van der Waals surface area (Å²) >= 11 is 0. The van der Waals surface area contributed by atoms with Crippen molar-refractivity contribution in [3.8, 4) is 0 Å². The van der Waals surface area contributed by atoms with Crippen molar-refractivity contribution in [2.45, 2.75) is 128 Å². The van der Waals surface area contributed by atoms with Gasteiger partial charge in [0.2, 0.25) is 5.89 Å². The molecule has 5 rings (SSSR count). The van der Waals surface area contributed by atoms with Crippen LogP contribution in [0.2, 0.25) is 0 Å². The van der Waals surface area contributed by atoms with Gasteiger partial charge in [-0.05, 0) is 98.5 Å². The molecule has 5 nitrogen and oxygen atoms in total. The molecule has 220 valence electrons. The Hall–Kier alpha value is -1.95. The van der Waals surface area contributed by atoms with Crippen LogP contribution in [-0.2, 0) is 11.8 Å². The van der Waals surface area contributed by atoms with Crippen molar-refractivity contribution in [2.24, 2.45) is 23.2 Å². The summed E-state index contributed by atoms with van der Waals surface area (Å²) in [5.41, 5.74) is 4.17. The molecular formula is C35H51NO4. The lowest BCUT2D eigenvalue weighted by Gasteiger charge is -2.44. The Morgan fingerprint density at radius 3 is 2.70 bits per heavy atom. The molecule has 1 aromatic heterocycles. The molecule has 0 aromatic carbocycles. The number of aliphatic hydroxyl groups excluding tert-OH is 3. The van der Waals surface area contributed by atoms with Crippen molar-refractivity contribution in [1.29, 1.82) is 0 Å². The third-order valence-corrected chi connectivity index (χ3v) is 10.9. The van der Waals surface area contributed by atoms with Gasteiger partial charge in [-0.25, -0.2) is 4.98 Å². The smallest absolute Gasteiger partial charge is 0.203 e. The van der Waals surface area contributed by atoms with Gasteiger partial charge in [-0.1, -0.05) is 70.1 Å². The fourth-order valence-electron chi connectivity index (χ4n) is 8.18. The van der Waals surface area contributed by atoms with Crippen LogP contribution in [0.1, 0.15) is 109 Å². The second-order valence-corrected chi connectivity index (χ2v) is 13.6. The summed E-state index contributed by atoms with van der Waals surface area (Å²) in [7, 11) is 0.